The summed E-state index contributed by atoms with van der Waals surface area (Å²) in [5.74, 6) is -0.847. The summed E-state index contributed by atoms with van der Waals surface area (Å²) in [5, 5.41) is 6.42. The van der Waals surface area contributed by atoms with Crippen LogP contribution in [0.3, 0.4) is 0 Å². The van der Waals surface area contributed by atoms with E-state index in [0.29, 0.717) is 5.76 Å². The quantitative estimate of drug-likeness (QED) is 0.516. The van der Waals surface area contributed by atoms with Crippen molar-refractivity contribution < 1.29 is 13.2 Å². The Hall–Kier alpha value is -2.28. The number of benzene rings is 1. The lowest BCUT2D eigenvalue weighted by Gasteiger charge is -2.07. The summed E-state index contributed by atoms with van der Waals surface area (Å²) >= 11 is 4.90. The highest BCUT2D eigenvalue weighted by Gasteiger charge is 2.04. The lowest BCUT2D eigenvalue weighted by molar-refractivity contribution is 0.560. The van der Waals surface area contributed by atoms with E-state index in [0.717, 1.165) is 12.1 Å². The SMILES string of the molecule is Fc1ccc(NC(=S)NN=Cc2ccco2)c(F)c1. The number of anilines is 1. The van der Waals surface area contributed by atoms with Crippen molar-refractivity contribution in [3.8, 4) is 0 Å². The standard InChI is InChI=1S/C12H9F2N3OS/c13-8-3-4-11(10(14)6-8)16-12(19)17-15-7-9-2-1-5-18-9/h1-7H,(H2,16,17,19). The van der Waals surface area contributed by atoms with Gasteiger partial charge in [0.15, 0.2) is 5.11 Å². The van der Waals surface area contributed by atoms with Gasteiger partial charge in [-0.25, -0.2) is 8.78 Å². The van der Waals surface area contributed by atoms with Crippen molar-refractivity contribution in [3.63, 3.8) is 0 Å². The highest BCUT2D eigenvalue weighted by atomic mass is 32.1. The lowest BCUT2D eigenvalue weighted by Crippen LogP contribution is -2.24. The molecule has 0 saturated carbocycles. The molecule has 0 radical (unpaired) electrons. The van der Waals surface area contributed by atoms with Crippen LogP contribution in [0.5, 0.6) is 0 Å². The highest BCUT2D eigenvalue weighted by Crippen LogP contribution is 2.14. The van der Waals surface area contributed by atoms with Crippen LogP contribution in [0.1, 0.15) is 5.76 Å². The van der Waals surface area contributed by atoms with E-state index in [-0.39, 0.29) is 10.8 Å². The number of nitrogens with one attached hydrogen (secondary N) is 2. The maximum Gasteiger partial charge on any atom is 0.191 e. The first-order chi connectivity index (χ1) is 9.15. The molecule has 0 aliphatic carbocycles. The molecule has 0 fully saturated rings. The Morgan fingerprint density at radius 3 is 2.84 bits per heavy atom. The van der Waals surface area contributed by atoms with Gasteiger partial charge in [-0.15, -0.1) is 0 Å². The summed E-state index contributed by atoms with van der Waals surface area (Å²) in [6.45, 7) is 0. The number of hydrogen-bond acceptors (Lipinski definition) is 3. The maximum atomic E-state index is 13.3. The minimum Gasteiger partial charge on any atom is -0.463 e. The average Bonchev–Trinajstić information content (AvgIpc) is 2.86. The monoisotopic (exact) mass is 281 g/mol. The van der Waals surface area contributed by atoms with Crippen molar-refractivity contribution in [2.45, 2.75) is 0 Å². The summed E-state index contributed by atoms with van der Waals surface area (Å²) in [6.07, 6.45) is 2.92. The van der Waals surface area contributed by atoms with E-state index in [1.807, 2.05) is 0 Å². The molecule has 98 valence electrons. The fraction of sp³-hybridized carbons (Fsp3) is 0. The van der Waals surface area contributed by atoms with Crippen LogP contribution in [0.4, 0.5) is 14.5 Å². The van der Waals surface area contributed by atoms with Gasteiger partial charge in [-0.3, -0.25) is 5.43 Å². The molecule has 0 saturated heterocycles. The zero-order valence-electron chi connectivity index (χ0n) is 9.56. The van der Waals surface area contributed by atoms with Gasteiger partial charge in [-0.1, -0.05) is 0 Å². The van der Waals surface area contributed by atoms with Crippen molar-refractivity contribution in [1.29, 1.82) is 0 Å². The Kier molecular flexibility index (Phi) is 4.19. The number of halogens is 2. The molecule has 2 N–H and O–H groups in total. The summed E-state index contributed by atoms with van der Waals surface area (Å²) < 4.78 is 31.0. The Bertz CT molecular complexity index is 599. The second kappa shape index (κ2) is 6.05. The second-order valence-electron chi connectivity index (χ2n) is 3.46. The molecule has 7 heteroatoms. The molecule has 1 aromatic carbocycles. The molecule has 0 bridgehead atoms. The van der Waals surface area contributed by atoms with Gasteiger partial charge < -0.3 is 9.73 Å². The van der Waals surface area contributed by atoms with Crippen LogP contribution in [0.15, 0.2) is 46.1 Å². The smallest absolute Gasteiger partial charge is 0.191 e. The first-order valence-electron chi connectivity index (χ1n) is 5.24. The Morgan fingerprint density at radius 2 is 2.16 bits per heavy atom. The fourth-order valence-corrected chi connectivity index (χ4v) is 1.42. The van der Waals surface area contributed by atoms with E-state index in [1.54, 1.807) is 12.1 Å². The average molecular weight is 281 g/mol. The van der Waals surface area contributed by atoms with Crippen LogP contribution >= 0.6 is 12.2 Å². The third-order valence-electron chi connectivity index (χ3n) is 2.08. The highest BCUT2D eigenvalue weighted by molar-refractivity contribution is 7.80. The van der Waals surface area contributed by atoms with Gasteiger partial charge in [0, 0.05) is 6.07 Å². The molecular weight excluding hydrogens is 272 g/mol. The number of hydrogen-bond donors (Lipinski definition) is 2. The summed E-state index contributed by atoms with van der Waals surface area (Å²) in [7, 11) is 0. The van der Waals surface area contributed by atoms with Gasteiger partial charge in [0.2, 0.25) is 0 Å². The van der Waals surface area contributed by atoms with Gasteiger partial charge >= 0.3 is 0 Å². The molecule has 2 rings (SSSR count). The maximum absolute atomic E-state index is 13.3. The van der Waals surface area contributed by atoms with Gasteiger partial charge in [0.25, 0.3) is 0 Å². The van der Waals surface area contributed by atoms with Crippen molar-refractivity contribution in [2.24, 2.45) is 5.10 Å². The Labute approximate surface area is 113 Å². The van der Waals surface area contributed by atoms with E-state index in [2.05, 4.69) is 15.8 Å². The molecule has 0 atom stereocenters. The third kappa shape index (κ3) is 3.85. The minimum absolute atomic E-state index is 0.0621. The van der Waals surface area contributed by atoms with Crippen LogP contribution in [-0.2, 0) is 0 Å². The normalized spacial score (nSPS) is 10.6. The predicted octanol–water partition coefficient (Wildman–Crippen LogP) is 2.88. The molecule has 0 spiro atoms. The van der Waals surface area contributed by atoms with Crippen LogP contribution in [-0.4, -0.2) is 11.3 Å². The molecule has 4 nitrogen and oxygen atoms in total. The minimum atomic E-state index is -0.737. The molecule has 2 aromatic rings. The van der Waals surface area contributed by atoms with Gasteiger partial charge in [-0.2, -0.15) is 5.10 Å². The largest absolute Gasteiger partial charge is 0.463 e. The number of nitrogens with zero attached hydrogens (tertiary/aromatic N) is 1. The molecule has 1 heterocycles. The summed E-state index contributed by atoms with van der Waals surface area (Å²) in [6, 6.07) is 6.55. The van der Waals surface area contributed by atoms with E-state index >= 15 is 0 Å². The first kappa shape index (κ1) is 13.2. The van der Waals surface area contributed by atoms with E-state index in [4.69, 9.17) is 16.6 Å². The van der Waals surface area contributed by atoms with Crippen LogP contribution in [0.2, 0.25) is 0 Å². The van der Waals surface area contributed by atoms with Crippen molar-refractivity contribution in [1.82, 2.24) is 5.43 Å². The van der Waals surface area contributed by atoms with Gasteiger partial charge in [0.05, 0.1) is 18.2 Å². The topological polar surface area (TPSA) is 49.6 Å². The predicted molar refractivity (Wildman–Crippen MR) is 72.0 cm³/mol. The van der Waals surface area contributed by atoms with Crippen LogP contribution in [0, 0.1) is 11.6 Å². The lowest BCUT2D eigenvalue weighted by atomic mass is 10.3. The second-order valence-corrected chi connectivity index (χ2v) is 3.87. The summed E-state index contributed by atoms with van der Waals surface area (Å²) in [5.41, 5.74) is 2.54. The van der Waals surface area contributed by atoms with Crippen molar-refractivity contribution in [2.75, 3.05) is 5.32 Å². The molecule has 0 aliphatic heterocycles. The molecule has 0 aliphatic rings. The van der Waals surface area contributed by atoms with E-state index in [9.17, 15) is 8.78 Å². The number of hydrazone groups is 1. The van der Waals surface area contributed by atoms with Crippen molar-refractivity contribution >= 4 is 29.2 Å². The molecule has 19 heavy (non-hydrogen) atoms. The van der Waals surface area contributed by atoms with Gasteiger partial charge in [0.1, 0.15) is 17.4 Å². The molecule has 1 aromatic heterocycles. The van der Waals surface area contributed by atoms with Crippen LogP contribution < -0.4 is 10.7 Å². The zero-order valence-corrected chi connectivity index (χ0v) is 10.4. The van der Waals surface area contributed by atoms with Crippen molar-refractivity contribution in [3.05, 3.63) is 54.0 Å². The Morgan fingerprint density at radius 1 is 1.32 bits per heavy atom. The fourth-order valence-electron chi connectivity index (χ4n) is 1.26. The van der Waals surface area contributed by atoms with Crippen LogP contribution in [0.25, 0.3) is 0 Å². The first-order valence-corrected chi connectivity index (χ1v) is 5.64. The summed E-state index contributed by atoms with van der Waals surface area (Å²) in [4.78, 5) is 0. The Balaban J connectivity index is 1.91. The number of rotatable bonds is 3. The van der Waals surface area contributed by atoms with Gasteiger partial charge in [-0.05, 0) is 36.5 Å². The molecule has 0 amide bonds. The van der Waals surface area contributed by atoms with E-state index < -0.39 is 11.6 Å². The number of thiocarbonyl (C=S) groups is 1. The molecule has 0 unspecified atom stereocenters. The molecular formula is C12H9F2N3OS. The zero-order chi connectivity index (χ0) is 13.7. The third-order valence-corrected chi connectivity index (χ3v) is 2.27. The number of furan rings is 1. The van der Waals surface area contributed by atoms with E-state index in [1.165, 1.54) is 18.5 Å².